The largest absolute Gasteiger partial charge is 0.508 e. The highest BCUT2D eigenvalue weighted by Gasteiger charge is 2.44. The van der Waals surface area contributed by atoms with Gasteiger partial charge >= 0.3 is 0 Å². The number of rotatable bonds is 4. The minimum Gasteiger partial charge on any atom is -0.508 e. The van der Waals surface area contributed by atoms with E-state index in [9.17, 15) is 20.4 Å². The van der Waals surface area contributed by atoms with E-state index in [2.05, 4.69) is 0 Å². The van der Waals surface area contributed by atoms with Crippen LogP contribution in [0.3, 0.4) is 0 Å². The van der Waals surface area contributed by atoms with E-state index in [4.69, 9.17) is 0 Å². The van der Waals surface area contributed by atoms with Crippen molar-refractivity contribution >= 4 is 21.5 Å². The van der Waals surface area contributed by atoms with Crippen LogP contribution in [0.4, 0.5) is 0 Å². The lowest BCUT2D eigenvalue weighted by Crippen LogP contribution is -2.32. The van der Waals surface area contributed by atoms with Gasteiger partial charge in [0.2, 0.25) is 0 Å². The summed E-state index contributed by atoms with van der Waals surface area (Å²) in [5.41, 5.74) is 1.68. The van der Waals surface area contributed by atoms with E-state index in [1.807, 2.05) is 60.7 Å². The van der Waals surface area contributed by atoms with Crippen LogP contribution in [-0.2, 0) is 5.41 Å². The van der Waals surface area contributed by atoms with Crippen LogP contribution >= 0.6 is 0 Å². The van der Waals surface area contributed by atoms with Gasteiger partial charge in [0.25, 0.3) is 0 Å². The molecule has 6 aromatic carbocycles. The third-order valence-electron chi connectivity index (χ3n) is 7.13. The molecule has 37 heavy (non-hydrogen) atoms. The topological polar surface area (TPSA) is 80.9 Å². The Balaban J connectivity index is 1.92. The van der Waals surface area contributed by atoms with E-state index >= 15 is 0 Å². The summed E-state index contributed by atoms with van der Waals surface area (Å²) in [5.74, 6) is 0.359. The van der Waals surface area contributed by atoms with Crippen LogP contribution in [-0.4, -0.2) is 20.4 Å². The third-order valence-corrected chi connectivity index (χ3v) is 7.13. The fraction of sp³-hybridized carbons (Fsp3) is 0.0303. The van der Waals surface area contributed by atoms with E-state index in [0.717, 1.165) is 32.7 Å². The second kappa shape index (κ2) is 8.61. The zero-order valence-corrected chi connectivity index (χ0v) is 19.8. The zero-order chi connectivity index (χ0) is 25.6. The molecule has 0 unspecified atom stereocenters. The van der Waals surface area contributed by atoms with Gasteiger partial charge in [-0.2, -0.15) is 0 Å². The number of aromatic hydroxyl groups is 4. The molecule has 0 saturated heterocycles. The molecule has 0 atom stereocenters. The fourth-order valence-electron chi connectivity index (χ4n) is 5.64. The maximum Gasteiger partial charge on any atom is 0.121 e. The summed E-state index contributed by atoms with van der Waals surface area (Å²) in [4.78, 5) is 0. The van der Waals surface area contributed by atoms with Crippen molar-refractivity contribution in [3.63, 3.8) is 0 Å². The Kier molecular flexibility index (Phi) is 5.24. The number of hydrogen-bond donors (Lipinski definition) is 4. The van der Waals surface area contributed by atoms with Crippen molar-refractivity contribution < 1.29 is 20.4 Å². The maximum atomic E-state index is 11.6. The molecule has 0 aliphatic heterocycles. The molecule has 6 aromatic rings. The van der Waals surface area contributed by atoms with Crippen LogP contribution in [0, 0.1) is 0 Å². The Morgan fingerprint density at radius 3 is 1.22 bits per heavy atom. The highest BCUT2D eigenvalue weighted by molar-refractivity contribution is 5.97. The molecule has 0 amide bonds. The molecule has 0 bridgehead atoms. The van der Waals surface area contributed by atoms with Crippen LogP contribution in [0.2, 0.25) is 0 Å². The summed E-state index contributed by atoms with van der Waals surface area (Å²) in [6.07, 6.45) is 0. The van der Waals surface area contributed by atoms with Gasteiger partial charge < -0.3 is 20.4 Å². The summed E-state index contributed by atoms with van der Waals surface area (Å²) in [5, 5.41) is 46.7. The molecule has 4 nitrogen and oxygen atoms in total. The molecule has 6 rings (SSSR count). The van der Waals surface area contributed by atoms with E-state index in [1.54, 1.807) is 60.7 Å². The molecule has 0 radical (unpaired) electrons. The van der Waals surface area contributed by atoms with Crippen molar-refractivity contribution in [1.82, 2.24) is 0 Å². The normalized spacial score (nSPS) is 11.7. The molecule has 0 heterocycles. The van der Waals surface area contributed by atoms with Crippen molar-refractivity contribution in [3.8, 4) is 23.0 Å². The van der Waals surface area contributed by atoms with Crippen molar-refractivity contribution in [2.75, 3.05) is 0 Å². The predicted molar refractivity (Wildman–Crippen MR) is 146 cm³/mol. The van der Waals surface area contributed by atoms with E-state index in [-0.39, 0.29) is 23.0 Å². The maximum absolute atomic E-state index is 11.6. The number of phenols is 4. The molecule has 0 aliphatic carbocycles. The Morgan fingerprint density at radius 2 is 0.811 bits per heavy atom. The first kappa shape index (κ1) is 22.5. The lowest BCUT2D eigenvalue weighted by molar-refractivity contribution is 0.449. The smallest absolute Gasteiger partial charge is 0.121 e. The fourth-order valence-corrected chi connectivity index (χ4v) is 5.64. The second-order valence-corrected chi connectivity index (χ2v) is 9.21. The molecule has 0 aromatic heterocycles. The lowest BCUT2D eigenvalue weighted by Gasteiger charge is -2.39. The molecular formula is C33H24O4. The van der Waals surface area contributed by atoms with Crippen LogP contribution in [0.15, 0.2) is 121 Å². The molecular weight excluding hydrogens is 460 g/mol. The predicted octanol–water partition coefficient (Wildman–Crippen LogP) is 7.20. The van der Waals surface area contributed by atoms with E-state index < -0.39 is 5.41 Å². The van der Waals surface area contributed by atoms with E-state index in [0.29, 0.717) is 11.1 Å². The second-order valence-electron chi connectivity index (χ2n) is 9.21. The highest BCUT2D eigenvalue weighted by Crippen LogP contribution is 2.54. The van der Waals surface area contributed by atoms with Gasteiger partial charge in [-0.15, -0.1) is 0 Å². The van der Waals surface area contributed by atoms with Crippen molar-refractivity contribution in [3.05, 3.63) is 144 Å². The van der Waals surface area contributed by atoms with Crippen LogP contribution in [0.5, 0.6) is 23.0 Å². The number of hydrogen-bond acceptors (Lipinski definition) is 4. The zero-order valence-electron chi connectivity index (χ0n) is 19.8. The summed E-state index contributed by atoms with van der Waals surface area (Å²) in [6.45, 7) is 0. The van der Waals surface area contributed by atoms with Gasteiger partial charge in [-0.3, -0.25) is 0 Å². The Bertz CT molecular complexity index is 1630. The summed E-state index contributed by atoms with van der Waals surface area (Å²) in [7, 11) is 0. The van der Waals surface area contributed by atoms with Crippen LogP contribution in [0.1, 0.15) is 22.3 Å². The molecule has 0 saturated carbocycles. The Hall–Kier alpha value is -4.96. The van der Waals surface area contributed by atoms with Crippen molar-refractivity contribution in [2.45, 2.75) is 5.41 Å². The molecule has 180 valence electrons. The third kappa shape index (κ3) is 3.46. The van der Waals surface area contributed by atoms with E-state index in [1.165, 1.54) is 0 Å². The first-order valence-corrected chi connectivity index (χ1v) is 12.0. The Morgan fingerprint density at radius 1 is 0.405 bits per heavy atom. The molecule has 0 aliphatic rings. The van der Waals surface area contributed by atoms with Crippen LogP contribution < -0.4 is 0 Å². The average molecular weight is 485 g/mol. The molecule has 4 N–H and O–H groups in total. The first-order chi connectivity index (χ1) is 18.0. The Labute approximate surface area is 214 Å². The van der Waals surface area contributed by atoms with Gasteiger partial charge in [-0.1, -0.05) is 84.9 Å². The molecule has 0 fully saturated rings. The van der Waals surface area contributed by atoms with Crippen molar-refractivity contribution in [2.24, 2.45) is 0 Å². The minimum absolute atomic E-state index is 0.0566. The van der Waals surface area contributed by atoms with Gasteiger partial charge in [-0.25, -0.2) is 0 Å². The number of phenolic OH excluding ortho intramolecular Hbond substituents is 4. The molecule has 0 spiro atoms. The van der Waals surface area contributed by atoms with Crippen molar-refractivity contribution in [1.29, 1.82) is 0 Å². The SMILES string of the molecule is Oc1ccc2c(C(c3ccccc3)(c3ccccc3)c3c(O)ccc4cc(O)ccc34)c(O)ccc2c1. The van der Waals surface area contributed by atoms with Gasteiger partial charge in [0.05, 0.1) is 5.41 Å². The summed E-state index contributed by atoms with van der Waals surface area (Å²) in [6, 6.07) is 36.5. The average Bonchev–Trinajstić information content (AvgIpc) is 2.92. The van der Waals surface area contributed by atoms with Gasteiger partial charge in [0.1, 0.15) is 23.0 Å². The van der Waals surface area contributed by atoms with Gasteiger partial charge in [-0.05, 0) is 69.1 Å². The lowest BCUT2D eigenvalue weighted by atomic mass is 9.62. The van der Waals surface area contributed by atoms with Crippen LogP contribution in [0.25, 0.3) is 21.5 Å². The highest BCUT2D eigenvalue weighted by atomic mass is 16.3. The standard InChI is InChI=1S/C33H24O4/c34-25-13-15-27-21(19-25)11-17-29(36)31(27)33(23-7-3-1-4-8-23,24-9-5-2-6-10-24)32-28-16-14-26(35)20-22(28)12-18-30(32)37/h1-20,34-37H. The van der Waals surface area contributed by atoms with Gasteiger partial charge in [0, 0.05) is 11.1 Å². The first-order valence-electron chi connectivity index (χ1n) is 12.0. The quantitative estimate of drug-likeness (QED) is 0.200. The van der Waals surface area contributed by atoms with Gasteiger partial charge in [0.15, 0.2) is 0 Å². The summed E-state index contributed by atoms with van der Waals surface area (Å²) >= 11 is 0. The minimum atomic E-state index is -1.16. The number of benzene rings is 6. The monoisotopic (exact) mass is 484 g/mol. The summed E-state index contributed by atoms with van der Waals surface area (Å²) < 4.78 is 0. The number of fused-ring (bicyclic) bond motifs is 2. The molecule has 4 heteroatoms.